The predicted molar refractivity (Wildman–Crippen MR) is 120 cm³/mol. The lowest BCUT2D eigenvalue weighted by Crippen LogP contribution is -2.44. The molecule has 32 heavy (non-hydrogen) atoms. The number of H-pyrrole nitrogens is 1. The fraction of sp³-hybridized carbons (Fsp3) is 0.560. The highest BCUT2D eigenvalue weighted by Crippen LogP contribution is 2.31. The highest BCUT2D eigenvalue weighted by Gasteiger charge is 2.33. The third kappa shape index (κ3) is 4.22. The van der Waals surface area contributed by atoms with Crippen LogP contribution in [0.5, 0.6) is 0 Å². The number of aromatic amines is 1. The lowest BCUT2D eigenvalue weighted by atomic mass is 9.92. The molecule has 1 atom stereocenters. The number of piperidine rings is 1. The Bertz CT molecular complexity index is 1030. The SMILES string of the molecule is O=C(c1ccc(F)cc1)N1CCCC[C@H]1c1nc2c(c(=O)[nH]1)CN(C1CCCCC1)CC2. The molecule has 1 amide bonds. The lowest BCUT2D eigenvalue weighted by molar-refractivity contribution is 0.0598. The van der Waals surface area contributed by atoms with Crippen molar-refractivity contribution in [2.75, 3.05) is 13.1 Å². The molecule has 2 aromatic rings. The summed E-state index contributed by atoms with van der Waals surface area (Å²) in [4.78, 5) is 38.4. The van der Waals surface area contributed by atoms with E-state index in [4.69, 9.17) is 4.98 Å². The number of aromatic nitrogens is 2. The molecule has 1 aromatic heterocycles. The van der Waals surface area contributed by atoms with Gasteiger partial charge in [0.05, 0.1) is 17.3 Å². The number of halogens is 1. The summed E-state index contributed by atoms with van der Waals surface area (Å²) in [5, 5.41) is 0. The van der Waals surface area contributed by atoms with Gasteiger partial charge in [0, 0.05) is 37.7 Å². The Hall–Kier alpha value is -2.54. The number of benzene rings is 1. The quantitative estimate of drug-likeness (QED) is 0.787. The van der Waals surface area contributed by atoms with Crippen molar-refractivity contribution in [1.82, 2.24) is 19.8 Å². The van der Waals surface area contributed by atoms with Crippen LogP contribution in [0.25, 0.3) is 0 Å². The van der Waals surface area contributed by atoms with Gasteiger partial charge in [-0.1, -0.05) is 19.3 Å². The first-order valence-corrected chi connectivity index (χ1v) is 12.0. The molecule has 0 bridgehead atoms. The Morgan fingerprint density at radius 3 is 2.53 bits per heavy atom. The topological polar surface area (TPSA) is 69.3 Å². The molecule has 1 N–H and O–H groups in total. The normalized spacial score (nSPS) is 22.5. The highest BCUT2D eigenvalue weighted by atomic mass is 19.1. The molecule has 170 valence electrons. The monoisotopic (exact) mass is 438 g/mol. The highest BCUT2D eigenvalue weighted by molar-refractivity contribution is 5.94. The average Bonchev–Trinajstić information content (AvgIpc) is 2.84. The number of fused-ring (bicyclic) bond motifs is 1. The van der Waals surface area contributed by atoms with E-state index >= 15 is 0 Å². The van der Waals surface area contributed by atoms with Gasteiger partial charge in [-0.25, -0.2) is 9.37 Å². The van der Waals surface area contributed by atoms with Crippen molar-refractivity contribution in [3.8, 4) is 0 Å². The van der Waals surface area contributed by atoms with Gasteiger partial charge < -0.3 is 9.88 Å². The minimum absolute atomic E-state index is 0.0646. The summed E-state index contributed by atoms with van der Waals surface area (Å²) in [6.07, 6.45) is 9.76. The third-order valence-corrected chi connectivity index (χ3v) is 7.38. The number of nitrogens with one attached hydrogen (secondary N) is 1. The van der Waals surface area contributed by atoms with Gasteiger partial charge in [-0.3, -0.25) is 14.5 Å². The number of carbonyl (C=O) groups is 1. The van der Waals surface area contributed by atoms with Crippen LogP contribution in [0.1, 0.15) is 84.8 Å². The van der Waals surface area contributed by atoms with E-state index in [0.29, 0.717) is 30.5 Å². The van der Waals surface area contributed by atoms with Crippen molar-refractivity contribution in [2.24, 2.45) is 0 Å². The van der Waals surface area contributed by atoms with Crippen molar-refractivity contribution >= 4 is 5.91 Å². The molecular weight excluding hydrogens is 407 g/mol. The van der Waals surface area contributed by atoms with Crippen LogP contribution in [-0.2, 0) is 13.0 Å². The van der Waals surface area contributed by atoms with Crippen LogP contribution in [-0.4, -0.2) is 44.8 Å². The van der Waals surface area contributed by atoms with Crippen LogP contribution >= 0.6 is 0 Å². The number of rotatable bonds is 3. The first kappa shape index (κ1) is 21.3. The van der Waals surface area contributed by atoms with E-state index in [9.17, 15) is 14.0 Å². The molecule has 1 aromatic carbocycles. The van der Waals surface area contributed by atoms with Crippen molar-refractivity contribution in [3.63, 3.8) is 0 Å². The van der Waals surface area contributed by atoms with Gasteiger partial charge >= 0.3 is 0 Å². The molecule has 6 nitrogen and oxygen atoms in total. The first-order valence-electron chi connectivity index (χ1n) is 12.0. The van der Waals surface area contributed by atoms with Gasteiger partial charge in [0.25, 0.3) is 11.5 Å². The van der Waals surface area contributed by atoms with Crippen molar-refractivity contribution in [3.05, 3.63) is 63.1 Å². The standard InChI is InChI=1S/C25H31FN4O2/c26-18-11-9-17(10-12-18)25(32)30-14-5-4-8-22(30)23-27-21-13-15-29(16-20(21)24(31)28-23)19-6-2-1-3-7-19/h9-12,19,22H,1-8,13-16H2,(H,27,28,31)/t22-/m0/s1. The van der Waals surface area contributed by atoms with Crippen LogP contribution in [0, 0.1) is 5.82 Å². The lowest BCUT2D eigenvalue weighted by Gasteiger charge is -2.38. The fourth-order valence-corrected chi connectivity index (χ4v) is 5.60. The fourth-order valence-electron chi connectivity index (χ4n) is 5.60. The largest absolute Gasteiger partial charge is 0.328 e. The van der Waals surface area contributed by atoms with E-state index in [0.717, 1.165) is 43.5 Å². The molecule has 1 aliphatic carbocycles. The zero-order valence-electron chi connectivity index (χ0n) is 18.5. The van der Waals surface area contributed by atoms with E-state index < -0.39 is 0 Å². The second-order valence-electron chi connectivity index (χ2n) is 9.41. The minimum atomic E-state index is -0.361. The Labute approximate surface area is 187 Å². The average molecular weight is 439 g/mol. The van der Waals surface area contributed by atoms with Crippen LogP contribution in [0.3, 0.4) is 0 Å². The van der Waals surface area contributed by atoms with Gasteiger partial charge in [-0.15, -0.1) is 0 Å². The molecule has 3 aliphatic rings. The number of amides is 1. The smallest absolute Gasteiger partial charge is 0.255 e. The van der Waals surface area contributed by atoms with E-state index in [-0.39, 0.29) is 23.3 Å². The van der Waals surface area contributed by atoms with Gasteiger partial charge in [0.2, 0.25) is 0 Å². The number of hydrogen-bond donors (Lipinski definition) is 1. The van der Waals surface area contributed by atoms with Crippen LogP contribution in [0.15, 0.2) is 29.1 Å². The molecular formula is C25H31FN4O2. The zero-order chi connectivity index (χ0) is 22.1. The van der Waals surface area contributed by atoms with E-state index in [1.807, 2.05) is 0 Å². The van der Waals surface area contributed by atoms with E-state index in [1.54, 1.807) is 4.90 Å². The van der Waals surface area contributed by atoms with Crippen LogP contribution < -0.4 is 5.56 Å². The molecule has 0 spiro atoms. The maximum Gasteiger partial charge on any atom is 0.255 e. The molecule has 0 radical (unpaired) electrons. The summed E-state index contributed by atoms with van der Waals surface area (Å²) >= 11 is 0. The zero-order valence-corrected chi connectivity index (χ0v) is 18.5. The van der Waals surface area contributed by atoms with Crippen molar-refractivity contribution in [2.45, 2.75) is 76.4 Å². The van der Waals surface area contributed by atoms with E-state index in [1.165, 1.54) is 56.4 Å². The Morgan fingerprint density at radius 2 is 1.75 bits per heavy atom. The number of likely N-dealkylation sites (tertiary alicyclic amines) is 1. The van der Waals surface area contributed by atoms with Crippen molar-refractivity contribution in [1.29, 1.82) is 0 Å². The molecule has 0 unspecified atom stereocenters. The van der Waals surface area contributed by atoms with Crippen LogP contribution in [0.2, 0.25) is 0 Å². The number of hydrogen-bond acceptors (Lipinski definition) is 4. The summed E-state index contributed by atoms with van der Waals surface area (Å²) in [7, 11) is 0. The summed E-state index contributed by atoms with van der Waals surface area (Å²) in [5.41, 5.74) is 2.07. The number of nitrogens with zero attached hydrogens (tertiary/aromatic N) is 3. The molecule has 7 heteroatoms. The first-order chi connectivity index (χ1) is 15.6. The molecule has 2 fully saturated rings. The van der Waals surface area contributed by atoms with Gasteiger partial charge in [0.15, 0.2) is 0 Å². The van der Waals surface area contributed by atoms with Crippen molar-refractivity contribution < 1.29 is 9.18 Å². The summed E-state index contributed by atoms with van der Waals surface area (Å²) in [6.45, 7) is 2.22. The van der Waals surface area contributed by atoms with Crippen LogP contribution in [0.4, 0.5) is 4.39 Å². The summed E-state index contributed by atoms with van der Waals surface area (Å²) in [5.74, 6) is 0.0910. The summed E-state index contributed by atoms with van der Waals surface area (Å²) < 4.78 is 13.3. The molecule has 2 aliphatic heterocycles. The molecule has 5 rings (SSSR count). The number of carbonyl (C=O) groups excluding carboxylic acids is 1. The minimum Gasteiger partial charge on any atom is -0.328 e. The second-order valence-corrected chi connectivity index (χ2v) is 9.41. The Kier molecular flexibility index (Phi) is 6.09. The molecule has 1 saturated carbocycles. The maximum absolute atomic E-state index is 13.3. The summed E-state index contributed by atoms with van der Waals surface area (Å²) in [6, 6.07) is 5.99. The van der Waals surface area contributed by atoms with Gasteiger partial charge in [0.1, 0.15) is 11.6 Å². The molecule has 3 heterocycles. The van der Waals surface area contributed by atoms with E-state index in [2.05, 4.69) is 9.88 Å². The molecule has 1 saturated heterocycles. The van der Waals surface area contributed by atoms with Gasteiger partial charge in [-0.05, 0) is 56.4 Å². The second kappa shape index (κ2) is 9.14. The Balaban J connectivity index is 1.39. The van der Waals surface area contributed by atoms with Gasteiger partial charge in [-0.2, -0.15) is 0 Å². The maximum atomic E-state index is 13.3. The Morgan fingerprint density at radius 1 is 1.00 bits per heavy atom. The third-order valence-electron chi connectivity index (χ3n) is 7.38. The predicted octanol–water partition coefficient (Wildman–Crippen LogP) is 3.97.